The molecule has 0 aliphatic carbocycles. The summed E-state index contributed by atoms with van der Waals surface area (Å²) in [4.78, 5) is 22.0. The van der Waals surface area contributed by atoms with Crippen molar-refractivity contribution in [1.82, 2.24) is 9.97 Å². The number of H-pyrrole nitrogens is 1. The van der Waals surface area contributed by atoms with Crippen LogP contribution < -0.4 is 38.3 Å². The predicted octanol–water partition coefficient (Wildman–Crippen LogP) is 3.13. The molecular weight excluding hydrogens is 599 g/mol. The third kappa shape index (κ3) is 5.95. The zero-order valence-electron chi connectivity index (χ0n) is 22.5. The Morgan fingerprint density at radius 1 is 0.775 bits per heavy atom. The molecule has 0 saturated heterocycles. The van der Waals surface area contributed by atoms with Crippen molar-refractivity contribution in [3.63, 3.8) is 0 Å². The molecule has 4 nitrogen and oxygen atoms in total. The molecule has 40 heavy (non-hydrogen) atoms. The Kier molecular flexibility index (Phi) is 10.4. The number of carbonyl (C=O) groups is 1. The average Bonchev–Trinajstić information content (AvgIpc) is 3.42. The Morgan fingerprint density at radius 2 is 1.23 bits per heavy atom. The molecule has 1 atom stereocenters. The molecule has 204 valence electrons. The highest BCUT2D eigenvalue weighted by Crippen LogP contribution is 2.55. The standard InChI is InChI=1S/C33H32N2O2PS.BrH/c1-3-29(33(36)37-4-2)39-32-31(34-30(35-32)25-17-9-5-10-18-25)38(26-19-11-6-12-20-26,27-21-13-7-14-22-27)28-23-15-8-16-24-28;/h5-24,29H,3-4H2,1-2H3,(H,34,35);1H/q+1;/p-1. The average molecular weight is 632 g/mol. The van der Waals surface area contributed by atoms with Gasteiger partial charge < -0.3 is 26.7 Å². The van der Waals surface area contributed by atoms with Crippen molar-refractivity contribution in [2.75, 3.05) is 6.61 Å². The van der Waals surface area contributed by atoms with Crippen molar-refractivity contribution in [3.8, 4) is 11.4 Å². The summed E-state index contributed by atoms with van der Waals surface area (Å²) in [6.07, 6.45) is 0.649. The van der Waals surface area contributed by atoms with E-state index >= 15 is 0 Å². The number of ether oxygens (including phenoxy) is 1. The van der Waals surface area contributed by atoms with E-state index in [2.05, 4.69) is 108 Å². The van der Waals surface area contributed by atoms with E-state index in [0.29, 0.717) is 13.0 Å². The van der Waals surface area contributed by atoms with Gasteiger partial charge in [0.25, 0.3) is 0 Å². The van der Waals surface area contributed by atoms with E-state index in [0.717, 1.165) is 21.8 Å². The first-order valence-electron chi connectivity index (χ1n) is 13.2. The van der Waals surface area contributed by atoms with Crippen LogP contribution in [0.5, 0.6) is 0 Å². The van der Waals surface area contributed by atoms with Crippen LogP contribution >= 0.6 is 19.0 Å². The van der Waals surface area contributed by atoms with Gasteiger partial charge in [-0.05, 0) is 49.7 Å². The topological polar surface area (TPSA) is 55.0 Å². The van der Waals surface area contributed by atoms with Gasteiger partial charge >= 0.3 is 5.97 Å². The van der Waals surface area contributed by atoms with Crippen LogP contribution in [0.3, 0.4) is 0 Å². The van der Waals surface area contributed by atoms with Gasteiger partial charge in [0.05, 0.1) is 6.61 Å². The summed E-state index contributed by atoms with van der Waals surface area (Å²) in [5, 5.41) is 4.18. The fraction of sp³-hybridized carbons (Fsp3) is 0.152. The van der Waals surface area contributed by atoms with Gasteiger partial charge in [-0.15, -0.1) is 0 Å². The lowest BCUT2D eigenvalue weighted by molar-refractivity contribution is -0.142. The molecule has 4 aromatic carbocycles. The van der Waals surface area contributed by atoms with Crippen molar-refractivity contribution in [1.29, 1.82) is 0 Å². The monoisotopic (exact) mass is 630 g/mol. The van der Waals surface area contributed by atoms with Gasteiger partial charge in [0.2, 0.25) is 5.44 Å². The summed E-state index contributed by atoms with van der Waals surface area (Å²) >= 11 is 1.52. The van der Waals surface area contributed by atoms with Crippen LogP contribution in [-0.4, -0.2) is 27.8 Å². The maximum Gasteiger partial charge on any atom is 0.319 e. The number of rotatable bonds is 10. The SMILES string of the molecule is CCOC(=O)C(CC)Sc1[nH]c(-c2ccccc2)nc1[P+](c1ccccc1)(c1ccccc1)c1ccccc1.[Br-]. The van der Waals surface area contributed by atoms with E-state index in [1.807, 2.05) is 32.0 Å². The molecule has 1 N–H and O–H groups in total. The second kappa shape index (κ2) is 13.9. The summed E-state index contributed by atoms with van der Waals surface area (Å²) < 4.78 is 5.45. The number of nitrogens with one attached hydrogen (secondary N) is 1. The summed E-state index contributed by atoms with van der Waals surface area (Å²) in [5.41, 5.74) is 1.97. The number of hydrogen-bond acceptors (Lipinski definition) is 4. The van der Waals surface area contributed by atoms with Gasteiger partial charge in [0.15, 0.2) is 7.26 Å². The number of esters is 1. The fourth-order valence-electron chi connectivity index (χ4n) is 4.83. The van der Waals surface area contributed by atoms with E-state index in [1.54, 1.807) is 0 Å². The van der Waals surface area contributed by atoms with Crippen molar-refractivity contribution < 1.29 is 26.5 Å². The Morgan fingerprint density at radius 3 is 1.65 bits per heavy atom. The molecule has 1 unspecified atom stereocenters. The number of halogens is 1. The summed E-state index contributed by atoms with van der Waals surface area (Å²) in [7, 11) is -2.47. The quantitative estimate of drug-likeness (QED) is 0.146. The minimum Gasteiger partial charge on any atom is -1.00 e. The highest BCUT2D eigenvalue weighted by Gasteiger charge is 2.52. The minimum absolute atomic E-state index is 0. The van der Waals surface area contributed by atoms with Gasteiger partial charge in [0, 0.05) is 5.56 Å². The number of imidazole rings is 1. The molecule has 0 saturated carbocycles. The Bertz CT molecular complexity index is 1400. The van der Waals surface area contributed by atoms with Gasteiger partial charge in [-0.1, -0.05) is 104 Å². The number of thioether (sulfide) groups is 1. The Hall–Kier alpha value is -3.18. The lowest BCUT2D eigenvalue weighted by atomic mass is 10.2. The van der Waals surface area contributed by atoms with E-state index < -0.39 is 7.26 Å². The van der Waals surface area contributed by atoms with Crippen LogP contribution in [0.2, 0.25) is 0 Å². The predicted molar refractivity (Wildman–Crippen MR) is 165 cm³/mol. The maximum absolute atomic E-state index is 13.0. The number of aromatic amines is 1. The lowest BCUT2D eigenvalue weighted by Gasteiger charge is -2.26. The normalized spacial score (nSPS) is 11.8. The number of benzene rings is 4. The van der Waals surface area contributed by atoms with Crippen LogP contribution in [0.1, 0.15) is 20.3 Å². The zero-order chi connectivity index (χ0) is 27.1. The van der Waals surface area contributed by atoms with E-state index in [9.17, 15) is 4.79 Å². The van der Waals surface area contributed by atoms with Crippen LogP contribution in [-0.2, 0) is 9.53 Å². The number of aromatic nitrogens is 2. The van der Waals surface area contributed by atoms with Crippen LogP contribution in [0, 0.1) is 0 Å². The molecule has 5 rings (SSSR count). The summed E-state index contributed by atoms with van der Waals surface area (Å²) in [5.74, 6) is 0.592. The molecule has 0 spiro atoms. The molecule has 7 heteroatoms. The molecule has 1 aromatic heterocycles. The second-order valence-corrected chi connectivity index (χ2v) is 13.6. The first-order valence-corrected chi connectivity index (χ1v) is 15.9. The van der Waals surface area contributed by atoms with Crippen molar-refractivity contribution in [3.05, 3.63) is 121 Å². The molecule has 0 aliphatic heterocycles. The number of hydrogen-bond donors (Lipinski definition) is 1. The molecule has 0 fully saturated rings. The molecule has 5 aromatic rings. The zero-order valence-corrected chi connectivity index (χ0v) is 25.8. The van der Waals surface area contributed by atoms with Crippen LogP contribution in [0.15, 0.2) is 126 Å². The highest BCUT2D eigenvalue weighted by atomic mass is 79.9. The number of nitrogens with zero attached hydrogens (tertiary/aromatic N) is 1. The largest absolute Gasteiger partial charge is 1.00 e. The first kappa shape index (κ1) is 29.8. The van der Waals surface area contributed by atoms with E-state index in [4.69, 9.17) is 9.72 Å². The third-order valence-electron chi connectivity index (χ3n) is 6.63. The van der Waals surface area contributed by atoms with Crippen LogP contribution in [0.4, 0.5) is 0 Å². The third-order valence-corrected chi connectivity index (χ3v) is 12.3. The summed E-state index contributed by atoms with van der Waals surface area (Å²) in [6, 6.07) is 42.2. The highest BCUT2D eigenvalue weighted by molar-refractivity contribution is 8.04. The van der Waals surface area contributed by atoms with Crippen LogP contribution in [0.25, 0.3) is 11.4 Å². The van der Waals surface area contributed by atoms with Gasteiger partial charge in [-0.3, -0.25) is 4.79 Å². The number of carbonyl (C=O) groups excluding carboxylic acids is 1. The van der Waals surface area contributed by atoms with Gasteiger partial charge in [-0.2, -0.15) is 4.98 Å². The van der Waals surface area contributed by atoms with Crippen molar-refractivity contribution in [2.24, 2.45) is 0 Å². The second-order valence-electron chi connectivity index (χ2n) is 9.05. The molecule has 0 bridgehead atoms. The first-order chi connectivity index (χ1) is 19.2. The van der Waals surface area contributed by atoms with E-state index in [1.165, 1.54) is 27.7 Å². The minimum atomic E-state index is -2.47. The van der Waals surface area contributed by atoms with Crippen molar-refractivity contribution >= 4 is 46.3 Å². The molecule has 0 radical (unpaired) electrons. The molecule has 0 amide bonds. The lowest BCUT2D eigenvalue weighted by Crippen LogP contribution is -3.00. The maximum atomic E-state index is 13.0. The Balaban J connectivity index is 0.00000370. The van der Waals surface area contributed by atoms with Gasteiger partial charge in [0.1, 0.15) is 32.0 Å². The fourth-order valence-corrected chi connectivity index (χ4v) is 10.4. The molecule has 1 heterocycles. The smallest absolute Gasteiger partial charge is 0.319 e. The summed E-state index contributed by atoms with van der Waals surface area (Å²) in [6.45, 7) is 4.23. The molecular formula is C33H32BrN2O2PS. The van der Waals surface area contributed by atoms with E-state index in [-0.39, 0.29) is 28.2 Å². The van der Waals surface area contributed by atoms with Gasteiger partial charge in [-0.25, -0.2) is 0 Å². The Labute approximate surface area is 251 Å². The van der Waals surface area contributed by atoms with Crippen molar-refractivity contribution in [2.45, 2.75) is 30.5 Å². The molecule has 0 aliphatic rings.